The van der Waals surface area contributed by atoms with E-state index in [-0.39, 0.29) is 12.3 Å². The lowest BCUT2D eigenvalue weighted by Crippen LogP contribution is -2.64. The molecule has 1 aliphatic carbocycles. The third-order valence-electron chi connectivity index (χ3n) is 9.32. The largest absolute Gasteiger partial charge is 0.472 e. The highest BCUT2D eigenvalue weighted by Crippen LogP contribution is 2.47. The lowest BCUT2D eigenvalue weighted by Gasteiger charge is -2.41. The summed E-state index contributed by atoms with van der Waals surface area (Å²) in [7, 11) is -5.06. The molecule has 0 aromatic carbocycles. The molecule has 1 amide bonds. The number of hydrogen-bond acceptors (Lipinski definition) is 10. The standard InChI is InChI=1S/C36H70NO11P/c1-3-5-7-9-11-12-13-14-15-16-17-18-20-21-23-25-29(38)28(37-30(39)26-24-22-19-10-8-6-4-2)27-47-49(45,46)48-36-34(43)32(41)31(40)33(42)35(36)44/h23,25,28-29,31-36,38,40-44H,3-22,24,26-27H2,1-2H3,(H,37,39)(H,45,46)/b25-23+/t28-,29+,31?,32+,33?,34?,35?,36?/m0/s1. The number of carbonyl (C=O) groups is 1. The molecule has 49 heavy (non-hydrogen) atoms. The number of aliphatic hydroxyl groups excluding tert-OH is 6. The summed E-state index contributed by atoms with van der Waals surface area (Å²) in [4.78, 5) is 23.1. The molecule has 0 saturated heterocycles. The van der Waals surface area contributed by atoms with Gasteiger partial charge in [-0.25, -0.2) is 4.57 Å². The monoisotopic (exact) mass is 723 g/mol. The average molecular weight is 724 g/mol. The summed E-state index contributed by atoms with van der Waals surface area (Å²) in [5.41, 5.74) is 0. The number of carbonyl (C=O) groups excluding carboxylic acids is 1. The van der Waals surface area contributed by atoms with E-state index in [1.165, 1.54) is 76.7 Å². The van der Waals surface area contributed by atoms with Crippen LogP contribution in [0.5, 0.6) is 0 Å². The first-order valence-corrected chi connectivity index (χ1v) is 20.6. The number of amides is 1. The molecule has 1 saturated carbocycles. The zero-order valence-corrected chi connectivity index (χ0v) is 31.1. The Hall–Kier alpha value is -0.920. The molecule has 1 fully saturated rings. The van der Waals surface area contributed by atoms with Crippen LogP contribution in [-0.2, 0) is 18.4 Å². The fourth-order valence-electron chi connectivity index (χ4n) is 6.08. The van der Waals surface area contributed by atoms with Crippen molar-refractivity contribution in [2.75, 3.05) is 6.61 Å². The van der Waals surface area contributed by atoms with Crippen molar-refractivity contribution in [2.45, 2.75) is 204 Å². The predicted octanol–water partition coefficient (Wildman–Crippen LogP) is 5.33. The highest BCUT2D eigenvalue weighted by molar-refractivity contribution is 7.47. The van der Waals surface area contributed by atoms with Crippen LogP contribution in [0.4, 0.5) is 0 Å². The summed E-state index contributed by atoms with van der Waals surface area (Å²) in [5, 5.41) is 63.5. The van der Waals surface area contributed by atoms with Gasteiger partial charge in [-0.3, -0.25) is 13.8 Å². The summed E-state index contributed by atoms with van der Waals surface area (Å²) < 4.78 is 22.7. The Balaban J connectivity index is 2.57. The number of aliphatic hydroxyl groups is 6. The molecule has 0 aromatic rings. The number of unbranched alkanes of at least 4 members (excludes halogenated alkanes) is 19. The minimum atomic E-state index is -5.06. The van der Waals surface area contributed by atoms with Crippen molar-refractivity contribution in [2.24, 2.45) is 0 Å². The minimum Gasteiger partial charge on any atom is -0.387 e. The van der Waals surface area contributed by atoms with Crippen molar-refractivity contribution in [1.29, 1.82) is 0 Å². The maximum absolute atomic E-state index is 12.8. The molecular weight excluding hydrogens is 653 g/mol. The molecule has 1 aliphatic rings. The van der Waals surface area contributed by atoms with Gasteiger partial charge in [-0.05, 0) is 19.3 Å². The maximum atomic E-state index is 12.8. The van der Waals surface area contributed by atoms with Gasteiger partial charge in [0, 0.05) is 6.42 Å². The molecule has 0 aliphatic heterocycles. The van der Waals surface area contributed by atoms with Crippen LogP contribution in [0.2, 0.25) is 0 Å². The van der Waals surface area contributed by atoms with Gasteiger partial charge >= 0.3 is 7.82 Å². The lowest BCUT2D eigenvalue weighted by molar-refractivity contribution is -0.220. The molecule has 6 unspecified atom stereocenters. The van der Waals surface area contributed by atoms with Gasteiger partial charge in [0.1, 0.15) is 36.6 Å². The van der Waals surface area contributed by atoms with Gasteiger partial charge in [0.05, 0.1) is 18.8 Å². The Morgan fingerprint density at radius 2 is 1.08 bits per heavy atom. The van der Waals surface area contributed by atoms with Crippen molar-refractivity contribution in [1.82, 2.24) is 5.32 Å². The van der Waals surface area contributed by atoms with E-state index in [0.29, 0.717) is 6.42 Å². The van der Waals surface area contributed by atoms with Crippen LogP contribution < -0.4 is 5.32 Å². The second-order valence-corrected chi connectivity index (χ2v) is 15.2. The smallest absolute Gasteiger partial charge is 0.387 e. The molecule has 9 atom stereocenters. The molecule has 0 radical (unpaired) electrons. The SMILES string of the molecule is CCCCCCCCCCCCCCC/C=C/[C@@H](O)[C@H](COP(=O)(O)OC1C(O)C(O)C(O)[C@@H](O)C1O)NC(=O)CCCCCCCCC. The zero-order valence-electron chi connectivity index (χ0n) is 30.2. The quantitative estimate of drug-likeness (QED) is 0.0270. The third kappa shape index (κ3) is 20.6. The number of nitrogens with one attached hydrogen (secondary N) is 1. The third-order valence-corrected chi connectivity index (χ3v) is 10.3. The van der Waals surface area contributed by atoms with Crippen molar-refractivity contribution >= 4 is 13.7 Å². The summed E-state index contributed by atoms with van der Waals surface area (Å²) in [6, 6.07) is -1.11. The van der Waals surface area contributed by atoms with Gasteiger partial charge in [0.2, 0.25) is 5.91 Å². The molecule has 1 rings (SSSR count). The average Bonchev–Trinajstić information content (AvgIpc) is 3.08. The van der Waals surface area contributed by atoms with Crippen LogP contribution in [0, 0.1) is 0 Å². The first-order chi connectivity index (χ1) is 23.4. The maximum Gasteiger partial charge on any atom is 0.472 e. The Morgan fingerprint density at radius 3 is 1.55 bits per heavy atom. The first kappa shape index (κ1) is 46.1. The number of hydrogen-bond donors (Lipinski definition) is 8. The Kier molecular flexibility index (Phi) is 26.1. The predicted molar refractivity (Wildman–Crippen MR) is 191 cm³/mol. The molecule has 8 N–H and O–H groups in total. The van der Waals surface area contributed by atoms with E-state index in [4.69, 9.17) is 9.05 Å². The van der Waals surface area contributed by atoms with Crippen LogP contribution in [0.15, 0.2) is 12.2 Å². The van der Waals surface area contributed by atoms with Crippen molar-refractivity contribution in [3.05, 3.63) is 12.2 Å². The molecule has 290 valence electrons. The Morgan fingerprint density at radius 1 is 0.673 bits per heavy atom. The molecule has 0 aromatic heterocycles. The molecule has 12 nitrogen and oxygen atoms in total. The van der Waals surface area contributed by atoms with E-state index in [2.05, 4.69) is 19.2 Å². The van der Waals surface area contributed by atoms with E-state index >= 15 is 0 Å². The first-order valence-electron chi connectivity index (χ1n) is 19.1. The van der Waals surface area contributed by atoms with Gasteiger partial charge in [-0.2, -0.15) is 0 Å². The summed E-state index contributed by atoms with van der Waals surface area (Å²) in [5.74, 6) is -0.349. The number of rotatable bonds is 30. The number of allylic oxidation sites excluding steroid dienone is 1. The van der Waals surface area contributed by atoms with E-state index in [9.17, 15) is 44.9 Å². The van der Waals surface area contributed by atoms with Gasteiger partial charge in [-0.15, -0.1) is 0 Å². The van der Waals surface area contributed by atoms with Gasteiger partial charge in [0.25, 0.3) is 0 Å². The van der Waals surface area contributed by atoms with Gasteiger partial charge in [-0.1, -0.05) is 142 Å². The van der Waals surface area contributed by atoms with E-state index < -0.39 is 63.2 Å². The van der Waals surface area contributed by atoms with Crippen LogP contribution >= 0.6 is 7.82 Å². The summed E-state index contributed by atoms with van der Waals surface area (Å²) in [6.07, 6.45) is 14.7. The number of phosphoric acid groups is 1. The van der Waals surface area contributed by atoms with Gasteiger partial charge in [0.15, 0.2) is 0 Å². The van der Waals surface area contributed by atoms with Crippen molar-refractivity contribution < 1.29 is 53.9 Å². The van der Waals surface area contributed by atoms with Crippen LogP contribution in [0.1, 0.15) is 155 Å². The zero-order chi connectivity index (χ0) is 36.5. The van der Waals surface area contributed by atoms with E-state index in [1.54, 1.807) is 0 Å². The summed E-state index contributed by atoms with van der Waals surface area (Å²) >= 11 is 0. The van der Waals surface area contributed by atoms with Crippen LogP contribution in [-0.4, -0.2) is 96.8 Å². The molecular formula is C36H70NO11P. The van der Waals surface area contributed by atoms with Crippen molar-refractivity contribution in [3.8, 4) is 0 Å². The molecule has 0 bridgehead atoms. The second kappa shape index (κ2) is 27.7. The number of phosphoric ester groups is 1. The summed E-state index contributed by atoms with van der Waals surface area (Å²) in [6.45, 7) is 3.74. The normalized spacial score (nSPS) is 25.3. The topological polar surface area (TPSA) is 206 Å². The highest BCUT2D eigenvalue weighted by Gasteiger charge is 2.51. The molecule has 0 heterocycles. The van der Waals surface area contributed by atoms with Crippen LogP contribution in [0.25, 0.3) is 0 Å². The van der Waals surface area contributed by atoms with E-state index in [0.717, 1.165) is 57.8 Å². The van der Waals surface area contributed by atoms with Gasteiger partial charge < -0.3 is 40.8 Å². The fourth-order valence-corrected chi connectivity index (χ4v) is 7.04. The second-order valence-electron chi connectivity index (χ2n) is 13.8. The highest BCUT2D eigenvalue weighted by atomic mass is 31.2. The Bertz CT molecular complexity index is 894. The van der Waals surface area contributed by atoms with Crippen molar-refractivity contribution in [3.63, 3.8) is 0 Å². The molecule has 13 heteroatoms. The lowest BCUT2D eigenvalue weighted by atomic mass is 9.85. The van der Waals surface area contributed by atoms with Crippen LogP contribution in [0.3, 0.4) is 0 Å². The molecule has 0 spiro atoms. The Labute approximate surface area is 295 Å². The fraction of sp³-hybridized carbons (Fsp3) is 0.917. The minimum absolute atomic E-state index is 0.214. The van der Waals surface area contributed by atoms with E-state index in [1.807, 2.05) is 6.08 Å².